The van der Waals surface area contributed by atoms with E-state index < -0.39 is 10.0 Å². The Kier molecular flexibility index (Phi) is 6.27. The maximum Gasteiger partial charge on any atom is 0.260 e. The molecule has 28 heavy (non-hydrogen) atoms. The fourth-order valence-electron chi connectivity index (χ4n) is 3.07. The minimum atomic E-state index is -3.62. The van der Waals surface area contributed by atoms with E-state index >= 15 is 0 Å². The molecule has 2 aromatic carbocycles. The van der Waals surface area contributed by atoms with E-state index in [0.29, 0.717) is 23.9 Å². The van der Waals surface area contributed by atoms with Crippen LogP contribution in [0.25, 0.3) is 0 Å². The maximum atomic E-state index is 12.7. The first-order chi connectivity index (χ1) is 13.3. The predicted molar refractivity (Wildman–Crippen MR) is 108 cm³/mol. The molecule has 0 atom stereocenters. The number of rotatable bonds is 5. The van der Waals surface area contributed by atoms with Gasteiger partial charge < -0.3 is 9.64 Å². The highest BCUT2D eigenvalue weighted by Gasteiger charge is 2.30. The molecule has 0 aliphatic carbocycles. The van der Waals surface area contributed by atoms with Crippen molar-refractivity contribution >= 4 is 27.5 Å². The smallest absolute Gasteiger partial charge is 0.260 e. The number of halogens is 1. The van der Waals surface area contributed by atoms with Gasteiger partial charge in [-0.1, -0.05) is 29.8 Å². The lowest BCUT2D eigenvalue weighted by Crippen LogP contribution is -2.51. The van der Waals surface area contributed by atoms with Gasteiger partial charge in [0.2, 0.25) is 10.0 Å². The number of carbonyl (C=O) groups is 1. The zero-order chi connectivity index (χ0) is 20.3. The summed E-state index contributed by atoms with van der Waals surface area (Å²) in [4.78, 5) is 14.3. The Labute approximate surface area is 170 Å². The van der Waals surface area contributed by atoms with Crippen LogP contribution in [0.5, 0.6) is 5.75 Å². The van der Waals surface area contributed by atoms with Crippen LogP contribution >= 0.6 is 11.6 Å². The fourth-order valence-corrected chi connectivity index (χ4v) is 4.79. The quantitative estimate of drug-likeness (QED) is 0.743. The molecule has 0 spiro atoms. The first-order valence-corrected chi connectivity index (χ1v) is 10.8. The molecule has 0 N–H and O–H groups in total. The summed E-state index contributed by atoms with van der Waals surface area (Å²) in [6, 6.07) is 11.9. The Bertz CT molecular complexity index is 970. The van der Waals surface area contributed by atoms with E-state index in [2.05, 4.69) is 0 Å². The minimum absolute atomic E-state index is 0.0642. The molecule has 1 saturated heterocycles. The van der Waals surface area contributed by atoms with Crippen LogP contribution in [0, 0.1) is 13.8 Å². The van der Waals surface area contributed by atoms with E-state index in [1.807, 2.05) is 32.0 Å². The predicted octanol–water partition coefficient (Wildman–Crippen LogP) is 2.87. The van der Waals surface area contributed by atoms with E-state index in [4.69, 9.17) is 16.3 Å². The molecule has 1 fully saturated rings. The van der Waals surface area contributed by atoms with Crippen molar-refractivity contribution in [2.45, 2.75) is 18.7 Å². The second kappa shape index (κ2) is 8.51. The molecule has 6 nitrogen and oxygen atoms in total. The van der Waals surface area contributed by atoms with Gasteiger partial charge in [0.1, 0.15) is 5.75 Å². The Morgan fingerprint density at radius 2 is 1.75 bits per heavy atom. The molecule has 3 rings (SSSR count). The molecule has 0 saturated carbocycles. The summed E-state index contributed by atoms with van der Waals surface area (Å²) < 4.78 is 32.5. The van der Waals surface area contributed by atoms with Crippen molar-refractivity contribution < 1.29 is 17.9 Å². The fraction of sp³-hybridized carbons (Fsp3) is 0.350. The summed E-state index contributed by atoms with van der Waals surface area (Å²) in [6.07, 6.45) is 0. The van der Waals surface area contributed by atoms with Crippen molar-refractivity contribution in [1.29, 1.82) is 0 Å². The number of hydrogen-bond acceptors (Lipinski definition) is 4. The lowest BCUT2D eigenvalue weighted by atomic mass is 10.1. The average Bonchev–Trinajstić information content (AvgIpc) is 2.69. The molecule has 0 radical (unpaired) electrons. The standard InChI is InChI=1S/C20H23ClN2O4S/c1-15-5-3-8-19(16(15)2)27-14-20(24)22-9-11-23(12-10-22)28(25,26)18-7-4-6-17(21)13-18/h3-8,13H,9-12,14H2,1-2H3. The number of carbonyl (C=O) groups excluding carboxylic acids is 1. The molecule has 0 unspecified atom stereocenters. The lowest BCUT2D eigenvalue weighted by Gasteiger charge is -2.34. The Hall–Kier alpha value is -2.09. The van der Waals surface area contributed by atoms with Crippen LogP contribution in [0.15, 0.2) is 47.4 Å². The number of aryl methyl sites for hydroxylation is 1. The van der Waals surface area contributed by atoms with Crippen molar-refractivity contribution in [1.82, 2.24) is 9.21 Å². The zero-order valence-corrected chi connectivity index (χ0v) is 17.5. The SMILES string of the molecule is Cc1cccc(OCC(=O)N2CCN(S(=O)(=O)c3cccc(Cl)c3)CC2)c1C. The number of amides is 1. The molecule has 1 heterocycles. The van der Waals surface area contributed by atoms with Gasteiger partial charge >= 0.3 is 0 Å². The number of nitrogens with zero attached hydrogens (tertiary/aromatic N) is 2. The summed E-state index contributed by atoms with van der Waals surface area (Å²) in [6.45, 7) is 5.02. The molecule has 2 aromatic rings. The number of hydrogen-bond donors (Lipinski definition) is 0. The van der Waals surface area contributed by atoms with Gasteiger partial charge in [-0.3, -0.25) is 4.79 Å². The van der Waals surface area contributed by atoms with Crippen molar-refractivity contribution in [2.24, 2.45) is 0 Å². The monoisotopic (exact) mass is 422 g/mol. The first kappa shape index (κ1) is 20.6. The third-order valence-corrected chi connectivity index (χ3v) is 7.06. The normalized spacial score (nSPS) is 15.5. The number of benzene rings is 2. The highest BCUT2D eigenvalue weighted by molar-refractivity contribution is 7.89. The number of ether oxygens (including phenoxy) is 1. The molecule has 8 heteroatoms. The third kappa shape index (κ3) is 4.48. The highest BCUT2D eigenvalue weighted by Crippen LogP contribution is 2.22. The molecule has 1 aliphatic rings. The second-order valence-electron chi connectivity index (χ2n) is 6.73. The average molecular weight is 423 g/mol. The summed E-state index contributed by atoms with van der Waals surface area (Å²) in [7, 11) is -3.62. The Morgan fingerprint density at radius 1 is 1.07 bits per heavy atom. The van der Waals surface area contributed by atoms with Crippen molar-refractivity contribution in [3.63, 3.8) is 0 Å². The maximum absolute atomic E-state index is 12.7. The zero-order valence-electron chi connectivity index (χ0n) is 15.9. The van der Waals surface area contributed by atoms with Gasteiger partial charge in [0.05, 0.1) is 4.90 Å². The lowest BCUT2D eigenvalue weighted by molar-refractivity contribution is -0.134. The molecule has 0 bridgehead atoms. The molecular formula is C20H23ClN2O4S. The third-order valence-electron chi connectivity index (χ3n) is 4.93. The van der Waals surface area contributed by atoms with Crippen molar-refractivity contribution in [3.05, 3.63) is 58.6 Å². The molecule has 1 amide bonds. The number of sulfonamides is 1. The van der Waals surface area contributed by atoms with Gasteiger partial charge in [-0.2, -0.15) is 4.31 Å². The van der Waals surface area contributed by atoms with Crippen LogP contribution in [-0.2, 0) is 14.8 Å². The van der Waals surface area contributed by atoms with Crippen LogP contribution < -0.4 is 4.74 Å². The van der Waals surface area contributed by atoms with Crippen LogP contribution in [0.1, 0.15) is 11.1 Å². The molecule has 1 aliphatic heterocycles. The Morgan fingerprint density at radius 3 is 2.43 bits per heavy atom. The van der Waals surface area contributed by atoms with E-state index in [1.165, 1.54) is 16.4 Å². The van der Waals surface area contributed by atoms with Gasteiger partial charge in [0, 0.05) is 31.2 Å². The van der Waals surface area contributed by atoms with Crippen LogP contribution in [0.3, 0.4) is 0 Å². The van der Waals surface area contributed by atoms with Gasteiger partial charge in [-0.25, -0.2) is 8.42 Å². The van der Waals surface area contributed by atoms with Gasteiger partial charge in [0.25, 0.3) is 5.91 Å². The van der Waals surface area contributed by atoms with Crippen LogP contribution in [0.2, 0.25) is 5.02 Å². The van der Waals surface area contributed by atoms with Gasteiger partial charge in [0.15, 0.2) is 6.61 Å². The second-order valence-corrected chi connectivity index (χ2v) is 9.10. The topological polar surface area (TPSA) is 66.9 Å². The minimum Gasteiger partial charge on any atom is -0.483 e. The van der Waals surface area contributed by atoms with E-state index in [1.54, 1.807) is 17.0 Å². The molecule has 150 valence electrons. The molecular weight excluding hydrogens is 400 g/mol. The summed E-state index contributed by atoms with van der Waals surface area (Å²) in [5, 5.41) is 0.374. The van der Waals surface area contributed by atoms with Gasteiger partial charge in [-0.05, 0) is 49.2 Å². The van der Waals surface area contributed by atoms with E-state index in [9.17, 15) is 13.2 Å². The summed E-state index contributed by atoms with van der Waals surface area (Å²) in [5.74, 6) is 0.538. The largest absolute Gasteiger partial charge is 0.483 e. The van der Waals surface area contributed by atoms with Crippen LogP contribution in [-0.4, -0.2) is 56.3 Å². The van der Waals surface area contributed by atoms with Crippen LogP contribution in [0.4, 0.5) is 0 Å². The summed E-state index contributed by atoms with van der Waals surface area (Å²) >= 11 is 5.91. The van der Waals surface area contributed by atoms with Crippen molar-refractivity contribution in [3.8, 4) is 5.75 Å². The first-order valence-electron chi connectivity index (χ1n) is 9.01. The highest BCUT2D eigenvalue weighted by atomic mass is 35.5. The Balaban J connectivity index is 1.57. The number of piperazine rings is 1. The van der Waals surface area contributed by atoms with Gasteiger partial charge in [-0.15, -0.1) is 0 Å². The summed E-state index contributed by atoms with van der Waals surface area (Å²) in [5.41, 5.74) is 2.11. The van der Waals surface area contributed by atoms with E-state index in [-0.39, 0.29) is 30.5 Å². The van der Waals surface area contributed by atoms with Crippen molar-refractivity contribution in [2.75, 3.05) is 32.8 Å². The molecule has 0 aromatic heterocycles. The van der Waals surface area contributed by atoms with E-state index in [0.717, 1.165) is 11.1 Å².